The molecule has 0 radical (unpaired) electrons. The third kappa shape index (κ3) is 3.01. The smallest absolute Gasteiger partial charge is 0.222 e. The van der Waals surface area contributed by atoms with E-state index >= 15 is 0 Å². The molecular weight excluding hydrogens is 250 g/mol. The van der Waals surface area contributed by atoms with E-state index in [1.54, 1.807) is 0 Å². The number of likely N-dealkylation sites (tertiary alicyclic amines) is 1. The summed E-state index contributed by atoms with van der Waals surface area (Å²) in [7, 11) is 2.23. The highest BCUT2D eigenvalue weighted by Gasteiger charge is 2.36. The minimum absolute atomic E-state index is 0.379. The molecule has 4 heteroatoms. The Morgan fingerprint density at radius 2 is 1.75 bits per heavy atom. The van der Waals surface area contributed by atoms with Crippen molar-refractivity contribution in [3.63, 3.8) is 0 Å². The third-order valence-electron chi connectivity index (χ3n) is 5.86. The molecule has 4 nitrogen and oxygen atoms in total. The van der Waals surface area contributed by atoms with Crippen LogP contribution < -0.4 is 5.73 Å². The number of likely N-dealkylation sites (N-methyl/N-ethyl adjacent to an activating group) is 1. The van der Waals surface area contributed by atoms with Gasteiger partial charge in [-0.25, -0.2) is 0 Å². The lowest BCUT2D eigenvalue weighted by molar-refractivity contribution is -0.132. The highest BCUT2D eigenvalue weighted by Crippen LogP contribution is 2.30. The number of nitrogens with zero attached hydrogens (tertiary/aromatic N) is 2. The predicted octanol–water partition coefficient (Wildman–Crippen LogP) is 1.59. The van der Waals surface area contributed by atoms with Crippen molar-refractivity contribution in [2.24, 2.45) is 11.7 Å². The molecule has 2 bridgehead atoms. The second-order valence-electron chi connectivity index (χ2n) is 7.16. The van der Waals surface area contributed by atoms with Crippen LogP contribution in [0, 0.1) is 5.92 Å². The second kappa shape index (κ2) is 6.02. The molecule has 3 fully saturated rings. The fourth-order valence-corrected chi connectivity index (χ4v) is 4.30. The quantitative estimate of drug-likeness (QED) is 0.835. The average molecular weight is 279 g/mol. The summed E-state index contributed by atoms with van der Waals surface area (Å²) >= 11 is 0. The van der Waals surface area contributed by atoms with Gasteiger partial charge in [0.15, 0.2) is 0 Å². The van der Waals surface area contributed by atoms with E-state index in [1.807, 2.05) is 0 Å². The van der Waals surface area contributed by atoms with Gasteiger partial charge in [0.25, 0.3) is 0 Å². The van der Waals surface area contributed by atoms with Crippen LogP contribution in [0.15, 0.2) is 0 Å². The molecule has 1 saturated carbocycles. The van der Waals surface area contributed by atoms with Crippen molar-refractivity contribution in [2.75, 3.05) is 20.1 Å². The molecule has 20 heavy (non-hydrogen) atoms. The van der Waals surface area contributed by atoms with Crippen LogP contribution in [-0.2, 0) is 4.79 Å². The Balaban J connectivity index is 1.52. The largest absolute Gasteiger partial charge is 0.341 e. The lowest BCUT2D eigenvalue weighted by atomic mass is 9.84. The Morgan fingerprint density at radius 3 is 2.50 bits per heavy atom. The number of rotatable bonds is 2. The van der Waals surface area contributed by atoms with Crippen LogP contribution in [0.2, 0.25) is 0 Å². The van der Waals surface area contributed by atoms with Crippen LogP contribution in [-0.4, -0.2) is 54.0 Å². The van der Waals surface area contributed by atoms with Gasteiger partial charge in [-0.05, 0) is 57.9 Å². The van der Waals surface area contributed by atoms with E-state index < -0.39 is 0 Å². The summed E-state index contributed by atoms with van der Waals surface area (Å²) in [5.41, 5.74) is 5.95. The first kappa shape index (κ1) is 14.3. The molecule has 3 aliphatic rings. The summed E-state index contributed by atoms with van der Waals surface area (Å²) in [6.45, 7) is 1.93. The number of hydrogen-bond acceptors (Lipinski definition) is 3. The SMILES string of the molecule is CN1C2CCC1CN(C(=O)CC1CCC(N)CC1)CC2. The highest BCUT2D eigenvalue weighted by molar-refractivity contribution is 5.76. The molecule has 2 saturated heterocycles. The van der Waals surface area contributed by atoms with Gasteiger partial charge in [0.2, 0.25) is 5.91 Å². The summed E-state index contributed by atoms with van der Waals surface area (Å²) in [6.07, 6.45) is 9.01. The van der Waals surface area contributed by atoms with Crippen molar-refractivity contribution in [1.82, 2.24) is 9.80 Å². The molecule has 0 aromatic heterocycles. The Bertz CT molecular complexity index is 352. The lowest BCUT2D eigenvalue weighted by Gasteiger charge is -2.30. The zero-order valence-electron chi connectivity index (χ0n) is 12.8. The number of nitrogens with two attached hydrogens (primary N) is 1. The first-order valence-corrected chi connectivity index (χ1v) is 8.38. The molecule has 0 spiro atoms. The molecule has 2 N–H and O–H groups in total. The maximum atomic E-state index is 12.6. The van der Waals surface area contributed by atoms with Crippen molar-refractivity contribution < 1.29 is 4.79 Å². The molecule has 2 aliphatic heterocycles. The average Bonchev–Trinajstić information content (AvgIpc) is 2.66. The summed E-state index contributed by atoms with van der Waals surface area (Å²) in [5.74, 6) is 0.979. The van der Waals surface area contributed by atoms with E-state index in [0.29, 0.717) is 30.0 Å². The number of amides is 1. The van der Waals surface area contributed by atoms with Gasteiger partial charge in [-0.15, -0.1) is 0 Å². The topological polar surface area (TPSA) is 49.6 Å². The number of carbonyl (C=O) groups is 1. The zero-order chi connectivity index (χ0) is 14.1. The summed E-state index contributed by atoms with van der Waals surface area (Å²) in [5, 5.41) is 0. The van der Waals surface area contributed by atoms with Crippen LogP contribution in [0.3, 0.4) is 0 Å². The molecular formula is C16H29N3O. The molecule has 2 atom stereocenters. The number of carbonyl (C=O) groups excluding carboxylic acids is 1. The molecule has 1 amide bonds. The minimum atomic E-state index is 0.379. The highest BCUT2D eigenvalue weighted by atomic mass is 16.2. The van der Waals surface area contributed by atoms with Crippen molar-refractivity contribution in [3.8, 4) is 0 Å². The second-order valence-corrected chi connectivity index (χ2v) is 7.16. The molecule has 114 valence electrons. The number of hydrogen-bond donors (Lipinski definition) is 1. The Kier molecular flexibility index (Phi) is 4.32. The molecule has 2 heterocycles. The zero-order valence-corrected chi connectivity index (χ0v) is 12.8. The van der Waals surface area contributed by atoms with Crippen LogP contribution in [0.1, 0.15) is 51.4 Å². The van der Waals surface area contributed by atoms with Gasteiger partial charge in [-0.2, -0.15) is 0 Å². The number of fused-ring (bicyclic) bond motifs is 2. The first-order chi connectivity index (χ1) is 9.63. The standard InChI is InChI=1S/C16H29N3O/c1-18-14-6-7-15(18)11-19(9-8-14)16(20)10-12-2-4-13(17)5-3-12/h12-15H,2-11,17H2,1H3. The Morgan fingerprint density at radius 1 is 1.05 bits per heavy atom. The van der Waals surface area contributed by atoms with Gasteiger partial charge < -0.3 is 10.6 Å². The summed E-state index contributed by atoms with van der Waals surface area (Å²) in [6, 6.07) is 1.70. The van der Waals surface area contributed by atoms with Crippen molar-refractivity contribution in [1.29, 1.82) is 0 Å². The van der Waals surface area contributed by atoms with E-state index in [9.17, 15) is 4.79 Å². The van der Waals surface area contributed by atoms with Gasteiger partial charge in [-0.3, -0.25) is 9.69 Å². The van der Waals surface area contributed by atoms with Crippen LogP contribution in [0.5, 0.6) is 0 Å². The van der Waals surface area contributed by atoms with Crippen molar-refractivity contribution >= 4 is 5.91 Å². The predicted molar refractivity (Wildman–Crippen MR) is 80.3 cm³/mol. The monoisotopic (exact) mass is 279 g/mol. The van der Waals surface area contributed by atoms with E-state index in [2.05, 4.69) is 16.8 Å². The first-order valence-electron chi connectivity index (χ1n) is 8.38. The third-order valence-corrected chi connectivity index (χ3v) is 5.86. The molecule has 2 unspecified atom stereocenters. The molecule has 0 aromatic rings. The van der Waals surface area contributed by atoms with Crippen molar-refractivity contribution in [2.45, 2.75) is 69.5 Å². The van der Waals surface area contributed by atoms with E-state index in [4.69, 9.17) is 5.73 Å². The fourth-order valence-electron chi connectivity index (χ4n) is 4.30. The molecule has 0 aromatic carbocycles. The van der Waals surface area contributed by atoms with E-state index in [1.165, 1.54) is 12.8 Å². The Labute approximate surface area is 122 Å². The van der Waals surface area contributed by atoms with Gasteiger partial charge in [0.05, 0.1) is 0 Å². The van der Waals surface area contributed by atoms with Crippen LogP contribution >= 0.6 is 0 Å². The van der Waals surface area contributed by atoms with Gasteiger partial charge in [-0.1, -0.05) is 0 Å². The van der Waals surface area contributed by atoms with E-state index in [-0.39, 0.29) is 0 Å². The molecule has 1 aliphatic carbocycles. The fraction of sp³-hybridized carbons (Fsp3) is 0.938. The van der Waals surface area contributed by atoms with E-state index in [0.717, 1.165) is 51.6 Å². The van der Waals surface area contributed by atoms with Gasteiger partial charge >= 0.3 is 0 Å². The normalized spacial score (nSPS) is 38.8. The molecule has 3 rings (SSSR count). The minimum Gasteiger partial charge on any atom is -0.341 e. The van der Waals surface area contributed by atoms with Gasteiger partial charge in [0, 0.05) is 37.6 Å². The maximum Gasteiger partial charge on any atom is 0.222 e. The summed E-state index contributed by atoms with van der Waals surface area (Å²) in [4.78, 5) is 17.2. The van der Waals surface area contributed by atoms with Crippen LogP contribution in [0.4, 0.5) is 0 Å². The summed E-state index contributed by atoms with van der Waals surface area (Å²) < 4.78 is 0. The van der Waals surface area contributed by atoms with Crippen molar-refractivity contribution in [3.05, 3.63) is 0 Å². The Hall–Kier alpha value is -0.610. The lowest BCUT2D eigenvalue weighted by Crippen LogP contribution is -2.40. The van der Waals surface area contributed by atoms with Crippen LogP contribution in [0.25, 0.3) is 0 Å². The maximum absolute atomic E-state index is 12.6. The van der Waals surface area contributed by atoms with Gasteiger partial charge in [0.1, 0.15) is 0 Å².